The molecule has 3 heterocycles. The molecule has 0 radical (unpaired) electrons. The van der Waals surface area contributed by atoms with Crippen molar-refractivity contribution < 1.29 is 4.42 Å². The highest BCUT2D eigenvalue weighted by atomic mass is 16.3. The third-order valence-electron chi connectivity index (χ3n) is 10.9. The fourth-order valence-electron chi connectivity index (χ4n) is 8.28. The fourth-order valence-corrected chi connectivity index (χ4v) is 8.28. The number of benzene rings is 8. The van der Waals surface area contributed by atoms with Crippen LogP contribution in [0.4, 0.5) is 0 Å². The molecule has 0 fully saturated rings. The summed E-state index contributed by atoms with van der Waals surface area (Å²) in [5.74, 6) is 2.08. The number of fused-ring (bicyclic) bond motifs is 6. The number of furan rings is 1. The molecule has 0 saturated carbocycles. The summed E-state index contributed by atoms with van der Waals surface area (Å²) in [5, 5.41) is 4.71. The van der Waals surface area contributed by atoms with Crippen molar-refractivity contribution in [2.45, 2.75) is 6.42 Å². The van der Waals surface area contributed by atoms with Crippen molar-refractivity contribution in [3.05, 3.63) is 206 Å². The molecule has 5 nitrogen and oxygen atoms in total. The Bertz CT molecular complexity index is 3200. The largest absolute Gasteiger partial charge is 0.456 e. The zero-order valence-corrected chi connectivity index (χ0v) is 30.9. The van der Waals surface area contributed by atoms with Crippen LogP contribution in [0, 0.1) is 0 Å². The Morgan fingerprint density at radius 2 is 1.00 bits per heavy atom. The predicted molar refractivity (Wildman–Crippen MR) is 232 cm³/mol. The number of nitrogens with zero attached hydrogens (tertiary/aromatic N) is 4. The van der Waals surface area contributed by atoms with E-state index < -0.39 is 0 Å². The summed E-state index contributed by atoms with van der Waals surface area (Å²) >= 11 is 0. The summed E-state index contributed by atoms with van der Waals surface area (Å²) < 4.78 is 8.62. The van der Waals surface area contributed by atoms with E-state index in [1.54, 1.807) is 0 Å². The Balaban J connectivity index is 0.971. The molecule has 0 atom stereocenters. The van der Waals surface area contributed by atoms with E-state index >= 15 is 0 Å². The fraction of sp³-hybridized carbons (Fsp3) is 0.0192. The summed E-state index contributed by atoms with van der Waals surface area (Å²) in [4.78, 5) is 14.9. The van der Waals surface area contributed by atoms with Gasteiger partial charge in [0.25, 0.3) is 0 Å². The lowest BCUT2D eigenvalue weighted by Gasteiger charge is -2.13. The van der Waals surface area contributed by atoms with Crippen molar-refractivity contribution in [2.75, 3.05) is 0 Å². The Morgan fingerprint density at radius 1 is 0.404 bits per heavy atom. The van der Waals surface area contributed by atoms with Gasteiger partial charge in [0.05, 0.1) is 11.0 Å². The van der Waals surface area contributed by atoms with Crippen LogP contribution in [0.3, 0.4) is 0 Å². The smallest absolute Gasteiger partial charge is 0.163 e. The average Bonchev–Trinajstić information content (AvgIpc) is 3.83. The van der Waals surface area contributed by atoms with Crippen LogP contribution in [-0.4, -0.2) is 19.5 Å². The van der Waals surface area contributed by atoms with E-state index in [9.17, 15) is 0 Å². The lowest BCUT2D eigenvalue weighted by molar-refractivity contribution is 0.669. The summed E-state index contributed by atoms with van der Waals surface area (Å²) in [5.41, 5.74) is 13.0. The molecule has 0 aliphatic heterocycles. The van der Waals surface area contributed by atoms with Gasteiger partial charge >= 0.3 is 0 Å². The van der Waals surface area contributed by atoms with Gasteiger partial charge in [0.15, 0.2) is 11.6 Å². The van der Waals surface area contributed by atoms with Gasteiger partial charge in [0, 0.05) is 44.8 Å². The minimum absolute atomic E-state index is 0.567. The van der Waals surface area contributed by atoms with Crippen molar-refractivity contribution >= 4 is 43.7 Å². The summed E-state index contributed by atoms with van der Waals surface area (Å²) in [7, 11) is 0. The monoisotopic (exact) mass is 730 g/mol. The highest BCUT2D eigenvalue weighted by molar-refractivity contribution is 6.15. The maximum absolute atomic E-state index is 6.24. The lowest BCUT2D eigenvalue weighted by atomic mass is 9.97. The minimum atomic E-state index is 0.567. The quantitative estimate of drug-likeness (QED) is 0.164. The van der Waals surface area contributed by atoms with Crippen molar-refractivity contribution in [2.24, 2.45) is 0 Å². The van der Waals surface area contributed by atoms with Gasteiger partial charge in [-0.2, -0.15) is 0 Å². The van der Waals surface area contributed by atoms with E-state index in [0.29, 0.717) is 18.1 Å². The van der Waals surface area contributed by atoms with Gasteiger partial charge in [0.2, 0.25) is 0 Å². The van der Waals surface area contributed by atoms with E-state index in [0.717, 1.165) is 66.8 Å². The minimum Gasteiger partial charge on any atom is -0.456 e. The molecule has 0 aliphatic rings. The second-order valence-corrected chi connectivity index (χ2v) is 14.4. The van der Waals surface area contributed by atoms with Crippen LogP contribution in [-0.2, 0) is 6.42 Å². The van der Waals surface area contributed by atoms with Crippen LogP contribution in [0.15, 0.2) is 199 Å². The molecule has 11 rings (SSSR count). The molecule has 0 saturated heterocycles. The first kappa shape index (κ1) is 32.8. The molecule has 11 aromatic rings. The van der Waals surface area contributed by atoms with Gasteiger partial charge < -0.3 is 8.98 Å². The first-order valence-electron chi connectivity index (χ1n) is 19.2. The average molecular weight is 731 g/mol. The topological polar surface area (TPSA) is 56.7 Å². The van der Waals surface area contributed by atoms with E-state index in [-0.39, 0.29) is 0 Å². The highest BCUT2D eigenvalue weighted by Gasteiger charge is 2.18. The van der Waals surface area contributed by atoms with Gasteiger partial charge in [-0.25, -0.2) is 15.0 Å². The van der Waals surface area contributed by atoms with Crippen molar-refractivity contribution in [3.8, 4) is 50.7 Å². The maximum Gasteiger partial charge on any atom is 0.163 e. The highest BCUT2D eigenvalue weighted by Crippen LogP contribution is 2.40. The second kappa shape index (κ2) is 13.6. The van der Waals surface area contributed by atoms with Crippen molar-refractivity contribution in [1.29, 1.82) is 0 Å². The molecule has 0 bridgehead atoms. The second-order valence-electron chi connectivity index (χ2n) is 14.4. The van der Waals surface area contributed by atoms with E-state index in [2.05, 4.69) is 126 Å². The molecule has 8 aromatic carbocycles. The molecule has 0 amide bonds. The van der Waals surface area contributed by atoms with Gasteiger partial charge in [-0.15, -0.1) is 0 Å². The Hall–Kier alpha value is -7.63. The molecule has 0 unspecified atom stereocenters. The molecular formula is C52H34N4O. The van der Waals surface area contributed by atoms with Crippen LogP contribution in [0.25, 0.3) is 94.5 Å². The summed E-state index contributed by atoms with van der Waals surface area (Å²) in [6.07, 6.45) is 0.567. The van der Waals surface area contributed by atoms with Crippen LogP contribution in [0.2, 0.25) is 0 Å². The number of hydrogen-bond donors (Lipinski definition) is 0. The molecule has 3 aromatic heterocycles. The predicted octanol–water partition coefficient (Wildman–Crippen LogP) is 13.1. The molecule has 0 aliphatic carbocycles. The molecule has 268 valence electrons. The third-order valence-corrected chi connectivity index (χ3v) is 10.9. The van der Waals surface area contributed by atoms with E-state index in [1.165, 1.54) is 27.4 Å². The Morgan fingerprint density at radius 3 is 1.77 bits per heavy atom. The Kier molecular flexibility index (Phi) is 7.81. The standard InChI is InChI=1S/C52H34N4O/c1-3-14-35(15-4-1)51-53-49(54-52(55-51)36-16-5-2-6-17-36)33-37-18-7-8-19-40(37)34-26-29-39(30-27-34)56-45-23-11-9-20-42(45)44-32-38(28-31-46(44)56)41-22-13-25-48-50(41)43-21-10-12-24-47(43)57-48/h1-32H,33H2. The van der Waals surface area contributed by atoms with Crippen LogP contribution >= 0.6 is 0 Å². The number of rotatable bonds is 7. The lowest BCUT2D eigenvalue weighted by Crippen LogP contribution is -2.04. The first-order valence-corrected chi connectivity index (χ1v) is 19.2. The first-order chi connectivity index (χ1) is 28.2. The van der Waals surface area contributed by atoms with Gasteiger partial charge in [0.1, 0.15) is 17.0 Å². The van der Waals surface area contributed by atoms with Crippen molar-refractivity contribution in [1.82, 2.24) is 19.5 Å². The third kappa shape index (κ3) is 5.76. The zero-order chi connectivity index (χ0) is 37.7. The van der Waals surface area contributed by atoms with Crippen LogP contribution in [0.5, 0.6) is 0 Å². The number of aromatic nitrogens is 4. The molecule has 5 heteroatoms. The summed E-state index contributed by atoms with van der Waals surface area (Å²) in [6.45, 7) is 0. The Labute approximate surface area is 329 Å². The number of hydrogen-bond acceptors (Lipinski definition) is 4. The van der Waals surface area contributed by atoms with Crippen molar-refractivity contribution in [3.63, 3.8) is 0 Å². The van der Waals surface area contributed by atoms with Gasteiger partial charge in [-0.05, 0) is 70.3 Å². The maximum atomic E-state index is 6.24. The van der Waals surface area contributed by atoms with Crippen LogP contribution < -0.4 is 0 Å². The normalized spacial score (nSPS) is 11.6. The summed E-state index contributed by atoms with van der Waals surface area (Å²) in [6, 6.07) is 67.9. The molecule has 57 heavy (non-hydrogen) atoms. The molecule has 0 spiro atoms. The SMILES string of the molecule is c1ccc(-c2nc(Cc3ccccc3-c3ccc(-n4c5ccccc5c5cc(-c6cccc7oc8ccccc8c67)ccc54)cc3)nc(-c3ccccc3)n2)cc1. The zero-order valence-electron chi connectivity index (χ0n) is 30.9. The molecule has 0 N–H and O–H groups in total. The number of para-hydroxylation sites is 2. The van der Waals surface area contributed by atoms with E-state index in [1.807, 2.05) is 72.8 Å². The molecular weight excluding hydrogens is 697 g/mol. The van der Waals surface area contributed by atoms with Gasteiger partial charge in [-0.1, -0.05) is 152 Å². The van der Waals surface area contributed by atoms with Crippen LogP contribution in [0.1, 0.15) is 11.4 Å². The van der Waals surface area contributed by atoms with E-state index in [4.69, 9.17) is 19.4 Å². The van der Waals surface area contributed by atoms with Gasteiger partial charge in [-0.3, -0.25) is 0 Å².